The maximum atomic E-state index is 12.7. The number of aryl methyl sites for hydroxylation is 1. The summed E-state index contributed by atoms with van der Waals surface area (Å²) in [5, 5.41) is 3.66. The fraction of sp³-hybridized carbons (Fsp3) is 0.304. The first-order chi connectivity index (χ1) is 14.6. The largest absolute Gasteiger partial charge is 0.346 e. The molecule has 0 fully saturated rings. The number of fused-ring (bicyclic) bond motifs is 2. The molecule has 4 aromatic rings. The lowest BCUT2D eigenvalue weighted by molar-refractivity contribution is -0.122. The molecule has 7 heteroatoms. The number of carbonyl (C=O) groups is 1. The Kier molecular flexibility index (Phi) is 5.61. The van der Waals surface area contributed by atoms with Crippen LogP contribution in [0.5, 0.6) is 0 Å². The summed E-state index contributed by atoms with van der Waals surface area (Å²) >= 11 is 0. The van der Waals surface area contributed by atoms with E-state index in [0.29, 0.717) is 10.9 Å². The van der Waals surface area contributed by atoms with Crippen molar-refractivity contribution in [2.75, 3.05) is 0 Å². The SMILES string of the molecule is CCC(C)C(NC(=O)CCn1cnc2ccccc2c1=O)c1nc2ccccc2[nH]1. The number of hydrogen-bond acceptors (Lipinski definition) is 4. The van der Waals surface area contributed by atoms with E-state index in [2.05, 4.69) is 34.1 Å². The summed E-state index contributed by atoms with van der Waals surface area (Å²) in [6, 6.07) is 14.8. The van der Waals surface area contributed by atoms with Gasteiger partial charge in [0.05, 0.1) is 34.3 Å². The molecule has 2 heterocycles. The second-order valence-electron chi connectivity index (χ2n) is 7.58. The zero-order valence-electron chi connectivity index (χ0n) is 17.1. The molecule has 0 bridgehead atoms. The van der Waals surface area contributed by atoms with E-state index in [9.17, 15) is 9.59 Å². The molecular formula is C23H25N5O2. The Hall–Kier alpha value is -3.48. The first-order valence-electron chi connectivity index (χ1n) is 10.2. The first-order valence-corrected chi connectivity index (χ1v) is 10.2. The lowest BCUT2D eigenvalue weighted by atomic mass is 9.98. The topological polar surface area (TPSA) is 92.7 Å². The van der Waals surface area contributed by atoms with Crippen LogP contribution in [0.15, 0.2) is 59.7 Å². The van der Waals surface area contributed by atoms with Crippen LogP contribution in [0.1, 0.15) is 38.6 Å². The number of nitrogens with zero attached hydrogens (tertiary/aromatic N) is 3. The van der Waals surface area contributed by atoms with Crippen molar-refractivity contribution in [3.8, 4) is 0 Å². The summed E-state index contributed by atoms with van der Waals surface area (Å²) in [6.45, 7) is 4.46. The van der Waals surface area contributed by atoms with Gasteiger partial charge in [0, 0.05) is 13.0 Å². The number of aromatic nitrogens is 4. The Balaban J connectivity index is 1.49. The first kappa shape index (κ1) is 19.8. The van der Waals surface area contributed by atoms with Gasteiger partial charge in [0.15, 0.2) is 0 Å². The van der Waals surface area contributed by atoms with Gasteiger partial charge in [-0.1, -0.05) is 44.5 Å². The maximum Gasteiger partial charge on any atom is 0.261 e. The number of benzene rings is 2. The molecule has 154 valence electrons. The van der Waals surface area contributed by atoms with Crippen LogP contribution in [0.25, 0.3) is 21.9 Å². The van der Waals surface area contributed by atoms with Crippen molar-refractivity contribution < 1.29 is 4.79 Å². The number of H-pyrrole nitrogens is 1. The summed E-state index contributed by atoms with van der Waals surface area (Å²) < 4.78 is 1.49. The normalized spacial score (nSPS) is 13.4. The van der Waals surface area contributed by atoms with E-state index in [4.69, 9.17) is 0 Å². The summed E-state index contributed by atoms with van der Waals surface area (Å²) in [5.41, 5.74) is 2.35. The molecule has 1 amide bonds. The molecule has 2 unspecified atom stereocenters. The number of nitrogens with one attached hydrogen (secondary N) is 2. The van der Waals surface area contributed by atoms with Crippen molar-refractivity contribution in [1.29, 1.82) is 0 Å². The summed E-state index contributed by atoms with van der Waals surface area (Å²) in [6.07, 6.45) is 2.59. The Morgan fingerprint density at radius 2 is 1.87 bits per heavy atom. The second kappa shape index (κ2) is 8.49. The van der Waals surface area contributed by atoms with Crippen molar-refractivity contribution >= 4 is 27.8 Å². The Morgan fingerprint density at radius 1 is 1.13 bits per heavy atom. The van der Waals surface area contributed by atoms with Gasteiger partial charge < -0.3 is 10.3 Å². The predicted molar refractivity (Wildman–Crippen MR) is 117 cm³/mol. The average Bonchev–Trinajstić information content (AvgIpc) is 3.20. The summed E-state index contributed by atoms with van der Waals surface area (Å²) in [7, 11) is 0. The van der Waals surface area contributed by atoms with Crippen LogP contribution in [-0.2, 0) is 11.3 Å². The molecule has 0 saturated heterocycles. The van der Waals surface area contributed by atoms with Crippen molar-refractivity contribution in [2.24, 2.45) is 5.92 Å². The molecule has 0 saturated carbocycles. The van der Waals surface area contributed by atoms with E-state index in [1.165, 1.54) is 10.9 Å². The van der Waals surface area contributed by atoms with E-state index in [1.807, 2.05) is 36.4 Å². The zero-order valence-corrected chi connectivity index (χ0v) is 17.1. The van der Waals surface area contributed by atoms with Crippen LogP contribution in [0.2, 0.25) is 0 Å². The third-order valence-electron chi connectivity index (χ3n) is 5.54. The highest BCUT2D eigenvalue weighted by Gasteiger charge is 2.23. The van der Waals surface area contributed by atoms with Crippen molar-refractivity contribution in [3.63, 3.8) is 0 Å². The average molecular weight is 403 g/mol. The molecule has 0 aliphatic rings. The quantitative estimate of drug-likeness (QED) is 0.493. The van der Waals surface area contributed by atoms with Crippen LogP contribution in [-0.4, -0.2) is 25.4 Å². The van der Waals surface area contributed by atoms with Crippen LogP contribution in [0.4, 0.5) is 0 Å². The molecule has 7 nitrogen and oxygen atoms in total. The highest BCUT2D eigenvalue weighted by Crippen LogP contribution is 2.24. The van der Waals surface area contributed by atoms with E-state index in [-0.39, 0.29) is 36.4 Å². The molecule has 30 heavy (non-hydrogen) atoms. The monoisotopic (exact) mass is 403 g/mol. The van der Waals surface area contributed by atoms with Crippen molar-refractivity contribution in [2.45, 2.75) is 39.3 Å². The molecule has 0 aliphatic heterocycles. The van der Waals surface area contributed by atoms with Crippen LogP contribution in [0.3, 0.4) is 0 Å². The molecule has 2 aromatic carbocycles. The Bertz CT molecular complexity index is 1210. The third kappa shape index (κ3) is 3.96. The summed E-state index contributed by atoms with van der Waals surface area (Å²) in [4.78, 5) is 37.6. The molecule has 2 aromatic heterocycles. The maximum absolute atomic E-state index is 12.7. The highest BCUT2D eigenvalue weighted by atomic mass is 16.2. The van der Waals surface area contributed by atoms with E-state index in [1.54, 1.807) is 12.1 Å². The lowest BCUT2D eigenvalue weighted by Gasteiger charge is -2.22. The minimum Gasteiger partial charge on any atom is -0.346 e. The third-order valence-corrected chi connectivity index (χ3v) is 5.54. The molecule has 4 rings (SSSR count). The predicted octanol–water partition coefficient (Wildman–Crippen LogP) is 3.57. The fourth-order valence-corrected chi connectivity index (χ4v) is 3.57. The number of hydrogen-bond donors (Lipinski definition) is 2. The molecule has 2 atom stereocenters. The van der Waals surface area contributed by atoms with Crippen LogP contribution < -0.4 is 10.9 Å². The van der Waals surface area contributed by atoms with Gasteiger partial charge in [-0.25, -0.2) is 9.97 Å². The van der Waals surface area contributed by atoms with Gasteiger partial charge in [0.25, 0.3) is 5.56 Å². The number of rotatable bonds is 7. The van der Waals surface area contributed by atoms with Gasteiger partial charge in [-0.05, 0) is 30.2 Å². The Morgan fingerprint density at radius 3 is 2.63 bits per heavy atom. The van der Waals surface area contributed by atoms with Gasteiger partial charge in [-0.2, -0.15) is 0 Å². The van der Waals surface area contributed by atoms with Gasteiger partial charge in [-0.3, -0.25) is 14.2 Å². The number of carbonyl (C=O) groups excluding carboxylic acids is 1. The fourth-order valence-electron chi connectivity index (χ4n) is 3.57. The molecular weight excluding hydrogens is 378 g/mol. The van der Waals surface area contributed by atoms with Crippen LogP contribution in [0, 0.1) is 5.92 Å². The van der Waals surface area contributed by atoms with Gasteiger partial charge in [0.1, 0.15) is 5.82 Å². The Labute approximate surface area is 174 Å². The molecule has 0 radical (unpaired) electrons. The smallest absolute Gasteiger partial charge is 0.261 e. The minimum absolute atomic E-state index is 0.124. The minimum atomic E-state index is -0.221. The number of para-hydroxylation sites is 3. The van der Waals surface area contributed by atoms with Crippen molar-refractivity contribution in [1.82, 2.24) is 24.8 Å². The molecule has 0 aliphatic carbocycles. The standard InChI is InChI=1S/C23H25N5O2/c1-3-15(2)21(22-25-18-10-6-7-11-19(18)26-22)27-20(29)12-13-28-14-24-17-9-5-4-8-16(17)23(28)30/h4-11,14-15,21H,3,12-13H2,1-2H3,(H,25,26)(H,27,29). The second-order valence-corrected chi connectivity index (χ2v) is 7.58. The zero-order chi connectivity index (χ0) is 21.1. The van der Waals surface area contributed by atoms with E-state index >= 15 is 0 Å². The molecule has 0 spiro atoms. The molecule has 2 N–H and O–H groups in total. The lowest BCUT2D eigenvalue weighted by Crippen LogP contribution is -2.34. The number of imidazole rings is 1. The van der Waals surface area contributed by atoms with E-state index < -0.39 is 0 Å². The number of amides is 1. The summed E-state index contributed by atoms with van der Waals surface area (Å²) in [5.74, 6) is 0.837. The highest BCUT2D eigenvalue weighted by molar-refractivity contribution is 5.78. The van der Waals surface area contributed by atoms with Crippen molar-refractivity contribution in [3.05, 3.63) is 71.0 Å². The van der Waals surface area contributed by atoms with Gasteiger partial charge in [-0.15, -0.1) is 0 Å². The van der Waals surface area contributed by atoms with Crippen LogP contribution >= 0.6 is 0 Å². The van der Waals surface area contributed by atoms with E-state index in [0.717, 1.165) is 23.3 Å². The number of aromatic amines is 1. The van der Waals surface area contributed by atoms with Gasteiger partial charge in [0.2, 0.25) is 5.91 Å². The van der Waals surface area contributed by atoms with Gasteiger partial charge >= 0.3 is 0 Å².